The summed E-state index contributed by atoms with van der Waals surface area (Å²) in [6, 6.07) is 1.91. The molecule has 0 spiro atoms. The van der Waals surface area contributed by atoms with Crippen LogP contribution in [0, 0.1) is 0 Å². The van der Waals surface area contributed by atoms with Gasteiger partial charge in [-0.3, -0.25) is 4.79 Å². The lowest BCUT2D eigenvalue weighted by molar-refractivity contribution is 0.0659. The highest BCUT2D eigenvalue weighted by Crippen LogP contribution is 2.26. The number of carbonyl (C=O) groups excluding carboxylic acids is 1. The van der Waals surface area contributed by atoms with Crippen molar-refractivity contribution in [3.63, 3.8) is 0 Å². The quantitative estimate of drug-likeness (QED) is 0.829. The molecule has 6 nitrogen and oxygen atoms in total. The van der Waals surface area contributed by atoms with E-state index in [1.807, 2.05) is 11.9 Å². The molecule has 2 aliphatic heterocycles. The molecule has 1 aromatic rings. The van der Waals surface area contributed by atoms with Crippen LogP contribution in [0.25, 0.3) is 0 Å². The first-order chi connectivity index (χ1) is 11.5. The highest BCUT2D eigenvalue weighted by atomic mass is 35.5. The number of piperidine rings is 1. The van der Waals surface area contributed by atoms with Gasteiger partial charge in [-0.15, -0.1) is 0 Å². The van der Waals surface area contributed by atoms with Gasteiger partial charge >= 0.3 is 0 Å². The topological polar surface area (TPSA) is 54.9 Å². The number of ether oxygens (including phenoxy) is 2. The second-order valence-corrected chi connectivity index (χ2v) is 6.97. The van der Waals surface area contributed by atoms with E-state index in [1.165, 1.54) is 0 Å². The summed E-state index contributed by atoms with van der Waals surface area (Å²) in [6.07, 6.45) is 4.34. The van der Waals surface area contributed by atoms with Gasteiger partial charge in [-0.1, -0.05) is 11.6 Å². The molecule has 24 heavy (non-hydrogen) atoms. The Hall–Kier alpha value is -1.37. The first-order valence-corrected chi connectivity index (χ1v) is 8.78. The van der Waals surface area contributed by atoms with Gasteiger partial charge in [0.15, 0.2) is 0 Å². The first-order valence-electron chi connectivity index (χ1n) is 8.40. The Kier molecular flexibility index (Phi) is 5.58. The van der Waals surface area contributed by atoms with E-state index in [-0.39, 0.29) is 18.1 Å². The number of likely N-dealkylation sites (tertiary alicyclic amines) is 1. The van der Waals surface area contributed by atoms with E-state index >= 15 is 0 Å². The van der Waals surface area contributed by atoms with Crippen LogP contribution in [0.2, 0.25) is 5.02 Å². The molecule has 3 heterocycles. The van der Waals surface area contributed by atoms with E-state index < -0.39 is 0 Å². The molecule has 0 bridgehead atoms. The Morgan fingerprint density at radius 2 is 2.17 bits per heavy atom. The van der Waals surface area contributed by atoms with Gasteiger partial charge < -0.3 is 19.3 Å². The summed E-state index contributed by atoms with van der Waals surface area (Å²) in [5.74, 6) is 0.320. The molecule has 1 amide bonds. The molecule has 7 heteroatoms. The number of aromatic nitrogens is 1. The van der Waals surface area contributed by atoms with Gasteiger partial charge in [-0.2, -0.15) is 0 Å². The van der Waals surface area contributed by atoms with Gasteiger partial charge in [0, 0.05) is 25.7 Å². The molecule has 0 saturated carbocycles. The molecule has 0 aromatic carbocycles. The van der Waals surface area contributed by atoms with Gasteiger partial charge in [0.2, 0.25) is 5.88 Å². The Morgan fingerprint density at radius 1 is 1.42 bits per heavy atom. The monoisotopic (exact) mass is 353 g/mol. The lowest BCUT2D eigenvalue weighted by atomic mass is 10.0. The second kappa shape index (κ2) is 7.68. The maximum Gasteiger partial charge on any atom is 0.255 e. The van der Waals surface area contributed by atoms with Gasteiger partial charge in [0.25, 0.3) is 5.91 Å². The van der Waals surface area contributed by atoms with Crippen molar-refractivity contribution in [2.75, 3.05) is 40.4 Å². The summed E-state index contributed by atoms with van der Waals surface area (Å²) < 4.78 is 11.0. The number of hydrogen-bond acceptors (Lipinski definition) is 5. The van der Waals surface area contributed by atoms with Crippen LogP contribution in [-0.4, -0.2) is 73.2 Å². The fourth-order valence-electron chi connectivity index (χ4n) is 3.14. The molecule has 0 radical (unpaired) electrons. The predicted molar refractivity (Wildman–Crippen MR) is 91.7 cm³/mol. The Balaban J connectivity index is 1.65. The maximum absolute atomic E-state index is 12.7. The van der Waals surface area contributed by atoms with Crippen LogP contribution in [-0.2, 0) is 4.74 Å². The van der Waals surface area contributed by atoms with E-state index in [0.717, 1.165) is 32.4 Å². The summed E-state index contributed by atoms with van der Waals surface area (Å²) in [5.41, 5.74) is 0.497. The van der Waals surface area contributed by atoms with E-state index in [9.17, 15) is 4.79 Å². The lowest BCUT2D eigenvalue weighted by Crippen LogP contribution is -2.44. The predicted octanol–water partition coefficient (Wildman–Crippen LogP) is 2.07. The van der Waals surface area contributed by atoms with Crippen LogP contribution in [0.15, 0.2) is 12.3 Å². The second-order valence-electron chi connectivity index (χ2n) is 6.56. The molecular weight excluding hydrogens is 330 g/mol. The molecule has 0 aliphatic carbocycles. The third-order valence-electron chi connectivity index (χ3n) is 4.78. The van der Waals surface area contributed by atoms with Crippen LogP contribution >= 0.6 is 11.6 Å². The molecule has 1 unspecified atom stereocenters. The number of amides is 1. The number of nitrogens with zero attached hydrogens (tertiary/aromatic N) is 3. The zero-order valence-corrected chi connectivity index (χ0v) is 15.0. The van der Waals surface area contributed by atoms with E-state index in [2.05, 4.69) is 16.9 Å². The summed E-state index contributed by atoms with van der Waals surface area (Å²) in [6.45, 7) is 3.27. The number of halogens is 1. The number of rotatable bonds is 4. The molecule has 132 valence electrons. The van der Waals surface area contributed by atoms with E-state index in [4.69, 9.17) is 21.1 Å². The molecule has 3 rings (SSSR count). The third-order valence-corrected chi connectivity index (χ3v) is 5.05. The van der Waals surface area contributed by atoms with Gasteiger partial charge in [0.05, 0.1) is 18.8 Å². The third kappa shape index (κ3) is 3.99. The van der Waals surface area contributed by atoms with Crippen molar-refractivity contribution in [2.45, 2.75) is 31.4 Å². The van der Waals surface area contributed by atoms with Crippen molar-refractivity contribution in [3.8, 4) is 5.88 Å². The molecule has 1 atom stereocenters. The molecule has 2 aliphatic rings. The Labute approximate surface area is 147 Å². The van der Waals surface area contributed by atoms with Crippen molar-refractivity contribution < 1.29 is 14.3 Å². The SMILES string of the molecule is CN1CCC(N(C)C(=O)c2cnc(OC3CCOC3)c(Cl)c2)CC1. The molecule has 2 fully saturated rings. The Bertz CT molecular complexity index is 584. The zero-order valence-electron chi connectivity index (χ0n) is 14.2. The zero-order chi connectivity index (χ0) is 17.1. The van der Waals surface area contributed by atoms with Crippen molar-refractivity contribution in [3.05, 3.63) is 22.8 Å². The van der Waals surface area contributed by atoms with E-state index in [1.54, 1.807) is 12.3 Å². The smallest absolute Gasteiger partial charge is 0.255 e. The minimum Gasteiger partial charge on any atom is -0.471 e. The number of pyridine rings is 1. The number of hydrogen-bond donors (Lipinski definition) is 0. The van der Waals surface area contributed by atoms with Crippen LogP contribution < -0.4 is 4.74 Å². The Morgan fingerprint density at radius 3 is 2.79 bits per heavy atom. The average Bonchev–Trinajstić information content (AvgIpc) is 3.09. The van der Waals surface area contributed by atoms with E-state index in [0.29, 0.717) is 29.7 Å². The highest BCUT2D eigenvalue weighted by Gasteiger charge is 2.26. The summed E-state index contributed by atoms with van der Waals surface area (Å²) in [7, 11) is 3.96. The van der Waals surface area contributed by atoms with Gasteiger partial charge in [-0.05, 0) is 39.0 Å². The average molecular weight is 354 g/mol. The molecular formula is C17H24ClN3O3. The van der Waals surface area contributed by atoms with Crippen LogP contribution in [0.1, 0.15) is 29.6 Å². The summed E-state index contributed by atoms with van der Waals surface area (Å²) in [5, 5.41) is 0.365. The van der Waals surface area contributed by atoms with Crippen molar-refractivity contribution >= 4 is 17.5 Å². The van der Waals surface area contributed by atoms with Crippen molar-refractivity contribution in [1.29, 1.82) is 0 Å². The first kappa shape index (κ1) is 17.5. The van der Waals surface area contributed by atoms with Crippen LogP contribution in [0.4, 0.5) is 0 Å². The van der Waals surface area contributed by atoms with Crippen LogP contribution in [0.5, 0.6) is 5.88 Å². The van der Waals surface area contributed by atoms with Gasteiger partial charge in [-0.25, -0.2) is 4.98 Å². The molecule has 2 saturated heterocycles. The lowest BCUT2D eigenvalue weighted by Gasteiger charge is -2.35. The van der Waals surface area contributed by atoms with Gasteiger partial charge in [0.1, 0.15) is 11.1 Å². The molecule has 1 aromatic heterocycles. The largest absolute Gasteiger partial charge is 0.471 e. The van der Waals surface area contributed by atoms with Crippen LogP contribution in [0.3, 0.4) is 0 Å². The maximum atomic E-state index is 12.7. The molecule has 0 N–H and O–H groups in total. The van der Waals surface area contributed by atoms with Crippen molar-refractivity contribution in [1.82, 2.24) is 14.8 Å². The fourth-order valence-corrected chi connectivity index (χ4v) is 3.36. The fraction of sp³-hybridized carbons (Fsp3) is 0.647. The normalized spacial score (nSPS) is 22.5. The number of carbonyl (C=O) groups is 1. The minimum atomic E-state index is -0.0466. The summed E-state index contributed by atoms with van der Waals surface area (Å²) in [4.78, 5) is 21.0. The highest BCUT2D eigenvalue weighted by molar-refractivity contribution is 6.32. The summed E-state index contributed by atoms with van der Waals surface area (Å²) >= 11 is 6.26. The minimum absolute atomic E-state index is 0.0153. The van der Waals surface area contributed by atoms with Crippen molar-refractivity contribution in [2.24, 2.45) is 0 Å². The standard InChI is InChI=1S/C17H24ClN3O3/c1-20-6-3-13(4-7-20)21(2)17(22)12-9-15(18)16(19-10-12)24-14-5-8-23-11-14/h9-10,13-14H,3-8,11H2,1-2H3.